The molecular weight excluding hydrogens is 322 g/mol. The van der Waals surface area contributed by atoms with Crippen molar-refractivity contribution in [3.8, 4) is 0 Å². The second-order valence-electron chi connectivity index (χ2n) is 6.88. The van der Waals surface area contributed by atoms with Crippen LogP contribution in [0.3, 0.4) is 0 Å². The van der Waals surface area contributed by atoms with E-state index in [1.807, 2.05) is 36.4 Å². The Balaban J connectivity index is 1.58. The van der Waals surface area contributed by atoms with Gasteiger partial charge in [-0.25, -0.2) is 8.42 Å². The Hall–Kier alpha value is -1.43. The molecule has 1 aliphatic heterocycles. The number of fused-ring (bicyclic) bond motifs is 1. The molecule has 0 aromatic heterocycles. The largest absolute Gasteiger partial charge is 0.377 e. The van der Waals surface area contributed by atoms with E-state index in [4.69, 9.17) is 4.74 Å². The molecule has 1 atom stereocenters. The fourth-order valence-corrected chi connectivity index (χ4v) is 5.10. The summed E-state index contributed by atoms with van der Waals surface area (Å²) in [6.07, 6.45) is 4.35. The zero-order valence-electron chi connectivity index (χ0n) is 13.7. The Labute approximate surface area is 143 Å². The number of ether oxygens (including phenoxy) is 1. The van der Waals surface area contributed by atoms with E-state index in [1.54, 1.807) is 10.4 Å². The van der Waals surface area contributed by atoms with Crippen molar-refractivity contribution in [3.63, 3.8) is 0 Å². The van der Waals surface area contributed by atoms with Crippen molar-refractivity contribution in [2.75, 3.05) is 19.7 Å². The third-order valence-electron chi connectivity index (χ3n) is 4.97. The molecule has 2 aromatic carbocycles. The lowest BCUT2D eigenvalue weighted by Gasteiger charge is -2.32. The first-order chi connectivity index (χ1) is 11.6. The molecular formula is C19H23NO3S. The van der Waals surface area contributed by atoms with Gasteiger partial charge in [-0.15, -0.1) is 0 Å². The van der Waals surface area contributed by atoms with Crippen molar-refractivity contribution in [3.05, 3.63) is 42.5 Å². The Kier molecular flexibility index (Phi) is 4.33. The third kappa shape index (κ3) is 3.21. The van der Waals surface area contributed by atoms with Crippen LogP contribution in [0.5, 0.6) is 0 Å². The number of rotatable bonds is 5. The third-order valence-corrected chi connectivity index (χ3v) is 6.90. The lowest BCUT2D eigenvalue weighted by molar-refractivity contribution is 0.0133. The predicted octanol–water partition coefficient (Wildman–Crippen LogP) is 3.42. The van der Waals surface area contributed by atoms with Gasteiger partial charge in [-0.1, -0.05) is 36.4 Å². The minimum atomic E-state index is -3.49. The molecule has 2 aromatic rings. The van der Waals surface area contributed by atoms with Gasteiger partial charge in [0.15, 0.2) is 0 Å². The van der Waals surface area contributed by atoms with Gasteiger partial charge in [0.25, 0.3) is 0 Å². The molecule has 0 amide bonds. The van der Waals surface area contributed by atoms with Gasteiger partial charge < -0.3 is 4.74 Å². The Morgan fingerprint density at radius 2 is 1.83 bits per heavy atom. The molecule has 0 N–H and O–H groups in total. The Morgan fingerprint density at radius 3 is 2.67 bits per heavy atom. The Morgan fingerprint density at radius 1 is 1.04 bits per heavy atom. The van der Waals surface area contributed by atoms with E-state index in [9.17, 15) is 8.42 Å². The highest BCUT2D eigenvalue weighted by Gasteiger charge is 2.32. The molecule has 128 valence electrons. The van der Waals surface area contributed by atoms with Crippen LogP contribution in [0.2, 0.25) is 0 Å². The summed E-state index contributed by atoms with van der Waals surface area (Å²) in [7, 11) is -3.49. The molecule has 0 spiro atoms. The zero-order valence-corrected chi connectivity index (χ0v) is 14.5. The van der Waals surface area contributed by atoms with Crippen LogP contribution in [0.1, 0.15) is 25.7 Å². The van der Waals surface area contributed by atoms with Crippen LogP contribution in [0.15, 0.2) is 47.4 Å². The number of sulfonamides is 1. The number of nitrogens with zero attached hydrogens (tertiary/aromatic N) is 1. The summed E-state index contributed by atoms with van der Waals surface area (Å²) in [4.78, 5) is 0.406. The molecule has 1 saturated carbocycles. The maximum atomic E-state index is 13.2. The molecule has 5 heteroatoms. The number of piperidine rings is 1. The van der Waals surface area contributed by atoms with Crippen LogP contribution in [0.4, 0.5) is 0 Å². The SMILES string of the molecule is O=S(=O)(c1cccc2ccccc12)N1CCCC(OCC2CC2)C1. The number of hydrogen-bond donors (Lipinski definition) is 0. The maximum Gasteiger partial charge on any atom is 0.243 e. The summed E-state index contributed by atoms with van der Waals surface area (Å²) < 4.78 is 33.9. The van der Waals surface area contributed by atoms with Crippen LogP contribution >= 0.6 is 0 Å². The van der Waals surface area contributed by atoms with Crippen molar-refractivity contribution in [1.82, 2.24) is 4.31 Å². The van der Waals surface area contributed by atoms with Crippen molar-refractivity contribution in [2.24, 2.45) is 5.92 Å². The molecule has 0 radical (unpaired) electrons. The molecule has 1 aliphatic carbocycles. The first-order valence-electron chi connectivity index (χ1n) is 8.74. The van der Waals surface area contributed by atoms with E-state index in [-0.39, 0.29) is 6.10 Å². The van der Waals surface area contributed by atoms with Gasteiger partial charge >= 0.3 is 0 Å². The van der Waals surface area contributed by atoms with E-state index in [1.165, 1.54) is 12.8 Å². The first kappa shape index (κ1) is 16.1. The monoisotopic (exact) mass is 345 g/mol. The lowest BCUT2D eigenvalue weighted by atomic mass is 10.1. The van der Waals surface area contributed by atoms with Crippen molar-refractivity contribution < 1.29 is 13.2 Å². The molecule has 4 rings (SSSR count). The quantitative estimate of drug-likeness (QED) is 0.834. The van der Waals surface area contributed by atoms with Crippen molar-refractivity contribution >= 4 is 20.8 Å². The summed E-state index contributed by atoms with van der Waals surface area (Å²) in [5.41, 5.74) is 0. The van der Waals surface area contributed by atoms with E-state index >= 15 is 0 Å². The van der Waals surface area contributed by atoms with Gasteiger partial charge in [0.1, 0.15) is 0 Å². The number of benzene rings is 2. The molecule has 0 bridgehead atoms. The first-order valence-corrected chi connectivity index (χ1v) is 10.2. The highest BCUT2D eigenvalue weighted by molar-refractivity contribution is 7.89. The average molecular weight is 345 g/mol. The fraction of sp³-hybridized carbons (Fsp3) is 0.474. The normalized spacial score (nSPS) is 22.8. The summed E-state index contributed by atoms with van der Waals surface area (Å²) >= 11 is 0. The van der Waals surface area contributed by atoms with Gasteiger partial charge in [0.2, 0.25) is 10.0 Å². The molecule has 1 unspecified atom stereocenters. The fourth-order valence-electron chi connectivity index (χ4n) is 3.38. The molecule has 1 saturated heterocycles. The van der Waals surface area contributed by atoms with E-state index in [0.717, 1.165) is 30.2 Å². The molecule has 2 aliphatic rings. The molecule has 2 fully saturated rings. The predicted molar refractivity (Wildman–Crippen MR) is 94.4 cm³/mol. The summed E-state index contributed by atoms with van der Waals surface area (Å²) in [6.45, 7) is 1.83. The van der Waals surface area contributed by atoms with Gasteiger partial charge in [-0.2, -0.15) is 4.31 Å². The van der Waals surface area contributed by atoms with Gasteiger partial charge in [-0.3, -0.25) is 0 Å². The maximum absolute atomic E-state index is 13.2. The average Bonchev–Trinajstić information content (AvgIpc) is 3.44. The topological polar surface area (TPSA) is 46.6 Å². The summed E-state index contributed by atoms with van der Waals surface area (Å²) in [5.74, 6) is 0.704. The van der Waals surface area contributed by atoms with Crippen LogP contribution in [0, 0.1) is 5.92 Å². The smallest absolute Gasteiger partial charge is 0.243 e. The Bertz CT molecular complexity index is 824. The van der Waals surface area contributed by atoms with Crippen LogP contribution in [-0.2, 0) is 14.8 Å². The lowest BCUT2D eigenvalue weighted by Crippen LogP contribution is -2.43. The van der Waals surface area contributed by atoms with Crippen LogP contribution in [0.25, 0.3) is 10.8 Å². The molecule has 1 heterocycles. The number of hydrogen-bond acceptors (Lipinski definition) is 3. The molecule has 24 heavy (non-hydrogen) atoms. The van der Waals surface area contributed by atoms with Crippen LogP contribution < -0.4 is 0 Å². The summed E-state index contributed by atoms with van der Waals surface area (Å²) in [6, 6.07) is 13.1. The van der Waals surface area contributed by atoms with Gasteiger partial charge in [0.05, 0.1) is 11.0 Å². The zero-order chi connectivity index (χ0) is 16.6. The van der Waals surface area contributed by atoms with Gasteiger partial charge in [-0.05, 0) is 43.1 Å². The van der Waals surface area contributed by atoms with Crippen molar-refractivity contribution in [1.29, 1.82) is 0 Å². The van der Waals surface area contributed by atoms with E-state index in [2.05, 4.69) is 0 Å². The highest BCUT2D eigenvalue weighted by Crippen LogP contribution is 2.31. The van der Waals surface area contributed by atoms with Crippen LogP contribution in [-0.4, -0.2) is 38.5 Å². The molecule has 4 nitrogen and oxygen atoms in total. The second kappa shape index (κ2) is 6.47. The summed E-state index contributed by atoms with van der Waals surface area (Å²) in [5, 5.41) is 1.75. The second-order valence-corrected chi connectivity index (χ2v) is 8.79. The minimum absolute atomic E-state index is 0.0316. The highest BCUT2D eigenvalue weighted by atomic mass is 32.2. The van der Waals surface area contributed by atoms with E-state index < -0.39 is 10.0 Å². The van der Waals surface area contributed by atoms with E-state index in [0.29, 0.717) is 23.9 Å². The minimum Gasteiger partial charge on any atom is -0.377 e. The standard InChI is InChI=1S/C19H23NO3S/c21-24(22,19-9-3-6-16-5-1-2-8-18(16)19)20-12-4-7-17(13-20)23-14-15-10-11-15/h1-3,5-6,8-9,15,17H,4,7,10-14H2. The van der Waals surface area contributed by atoms with Crippen molar-refractivity contribution in [2.45, 2.75) is 36.7 Å². The van der Waals surface area contributed by atoms with Gasteiger partial charge in [0, 0.05) is 25.1 Å².